The molecule has 8 heteroatoms. The number of rotatable bonds is 7. The molecule has 0 amide bonds. The molecule has 0 bridgehead atoms. The third kappa shape index (κ3) is 5.12. The number of aromatic nitrogens is 2. The second-order valence-electron chi connectivity index (χ2n) is 7.54. The normalized spacial score (nSPS) is 11.2. The molecule has 33 heavy (non-hydrogen) atoms. The maximum atomic E-state index is 12.4. The summed E-state index contributed by atoms with van der Waals surface area (Å²) in [6, 6.07) is 21.5. The van der Waals surface area contributed by atoms with Gasteiger partial charge in [-0.15, -0.1) is 0 Å². The lowest BCUT2D eigenvalue weighted by Gasteiger charge is -2.10. The number of carbonyl (C=O) groups is 1. The van der Waals surface area contributed by atoms with Gasteiger partial charge in [-0.1, -0.05) is 36.4 Å². The zero-order chi connectivity index (χ0) is 23.4. The Morgan fingerprint density at radius 1 is 0.970 bits per heavy atom. The number of hydrogen-bond acceptors (Lipinski definition) is 6. The molecule has 0 aliphatic heterocycles. The van der Waals surface area contributed by atoms with Crippen molar-refractivity contribution in [3.8, 4) is 17.1 Å². The van der Waals surface area contributed by atoms with Crippen molar-refractivity contribution in [1.29, 1.82) is 0 Å². The van der Waals surface area contributed by atoms with E-state index in [9.17, 15) is 13.2 Å². The molecular weight excluding hydrogens is 440 g/mol. The third-order valence-corrected chi connectivity index (χ3v) is 6.38. The van der Waals surface area contributed by atoms with Crippen LogP contribution in [-0.4, -0.2) is 30.2 Å². The van der Waals surface area contributed by atoms with Crippen molar-refractivity contribution in [3.63, 3.8) is 0 Å². The average molecular weight is 463 g/mol. The van der Waals surface area contributed by atoms with Gasteiger partial charge in [0.05, 0.1) is 10.5 Å². The average Bonchev–Trinajstić information content (AvgIpc) is 3.26. The van der Waals surface area contributed by atoms with Crippen LogP contribution in [0.25, 0.3) is 11.4 Å². The SMILES string of the molecule is Cc1c(C(=O)OOc2ccc(-c3nccn3Cc3ccccc3)cc2)cccc1S(C)(=O)=O. The molecule has 0 saturated heterocycles. The smallest absolute Gasteiger partial charge is 0.327 e. The van der Waals surface area contributed by atoms with Gasteiger partial charge in [0.2, 0.25) is 0 Å². The highest BCUT2D eigenvalue weighted by Crippen LogP contribution is 2.23. The number of carbonyl (C=O) groups excluding carboxylic acids is 1. The van der Waals surface area contributed by atoms with Gasteiger partial charge < -0.3 is 4.57 Å². The number of imidazole rings is 1. The van der Waals surface area contributed by atoms with E-state index < -0.39 is 15.8 Å². The maximum absolute atomic E-state index is 12.4. The van der Waals surface area contributed by atoms with Crippen LogP contribution in [0.4, 0.5) is 0 Å². The zero-order valence-electron chi connectivity index (χ0n) is 18.1. The first-order valence-corrected chi connectivity index (χ1v) is 12.1. The molecule has 0 aliphatic carbocycles. The van der Waals surface area contributed by atoms with Crippen molar-refractivity contribution in [2.45, 2.75) is 18.4 Å². The molecule has 3 aromatic carbocycles. The largest absolute Gasteiger partial charge is 0.386 e. The summed E-state index contributed by atoms with van der Waals surface area (Å²) in [5.74, 6) is 0.348. The van der Waals surface area contributed by atoms with Crippen LogP contribution in [0.2, 0.25) is 0 Å². The Labute approximate surface area is 192 Å². The highest BCUT2D eigenvalue weighted by molar-refractivity contribution is 7.90. The summed E-state index contributed by atoms with van der Waals surface area (Å²) in [4.78, 5) is 27.1. The van der Waals surface area contributed by atoms with E-state index in [1.165, 1.54) is 23.8 Å². The molecule has 0 spiro atoms. The standard InChI is InChI=1S/C25H22N2O5S/c1-18-22(9-6-10-23(18)33(2,29)30)25(28)32-31-21-13-11-20(12-14-21)24-26-15-16-27(24)17-19-7-4-3-5-8-19/h3-16H,17H2,1-2H3. The topological polar surface area (TPSA) is 87.5 Å². The first kappa shape index (κ1) is 22.3. The summed E-state index contributed by atoms with van der Waals surface area (Å²) >= 11 is 0. The number of sulfone groups is 1. The molecule has 0 radical (unpaired) electrons. The highest BCUT2D eigenvalue weighted by Gasteiger charge is 2.19. The van der Waals surface area contributed by atoms with Crippen molar-refractivity contribution in [2.24, 2.45) is 0 Å². The van der Waals surface area contributed by atoms with Crippen molar-refractivity contribution < 1.29 is 23.0 Å². The lowest BCUT2D eigenvalue weighted by Crippen LogP contribution is -2.12. The lowest BCUT2D eigenvalue weighted by molar-refractivity contribution is -0.149. The summed E-state index contributed by atoms with van der Waals surface area (Å²) in [5, 5.41) is 0. The van der Waals surface area contributed by atoms with Crippen molar-refractivity contribution in [1.82, 2.24) is 9.55 Å². The molecule has 4 aromatic rings. The predicted molar refractivity (Wildman–Crippen MR) is 124 cm³/mol. The summed E-state index contributed by atoms with van der Waals surface area (Å²) in [5.41, 5.74) is 2.48. The molecule has 0 N–H and O–H groups in total. The molecule has 168 valence electrons. The number of benzene rings is 3. The van der Waals surface area contributed by atoms with Crippen LogP contribution in [0.5, 0.6) is 5.75 Å². The van der Waals surface area contributed by atoms with Crippen molar-refractivity contribution in [2.75, 3.05) is 6.26 Å². The van der Waals surface area contributed by atoms with E-state index >= 15 is 0 Å². The van der Waals surface area contributed by atoms with E-state index in [0.29, 0.717) is 17.9 Å². The predicted octanol–water partition coefficient (Wildman–Crippen LogP) is 4.46. The second-order valence-corrected chi connectivity index (χ2v) is 9.53. The Morgan fingerprint density at radius 2 is 1.70 bits per heavy atom. The van der Waals surface area contributed by atoms with E-state index in [-0.39, 0.29) is 10.5 Å². The zero-order valence-corrected chi connectivity index (χ0v) is 19.0. The van der Waals surface area contributed by atoms with Crippen LogP contribution in [0.15, 0.2) is 90.1 Å². The van der Waals surface area contributed by atoms with Crippen LogP contribution in [0.1, 0.15) is 21.5 Å². The van der Waals surface area contributed by atoms with Crippen molar-refractivity contribution >= 4 is 15.8 Å². The molecule has 0 aliphatic rings. The maximum Gasteiger partial charge on any atom is 0.386 e. The minimum Gasteiger partial charge on any atom is -0.327 e. The molecule has 7 nitrogen and oxygen atoms in total. The molecule has 0 saturated carbocycles. The fourth-order valence-electron chi connectivity index (χ4n) is 3.50. The van der Waals surface area contributed by atoms with Gasteiger partial charge in [-0.3, -0.25) is 4.89 Å². The number of hydrogen-bond donors (Lipinski definition) is 0. The molecule has 4 rings (SSSR count). The minimum absolute atomic E-state index is 0.0762. The fourth-order valence-corrected chi connectivity index (χ4v) is 4.50. The Hall–Kier alpha value is -3.91. The van der Waals surface area contributed by atoms with Crippen molar-refractivity contribution in [3.05, 3.63) is 102 Å². The quantitative estimate of drug-likeness (QED) is 0.298. The molecule has 0 atom stereocenters. The van der Waals surface area contributed by atoms with Gasteiger partial charge in [0.25, 0.3) is 0 Å². The molecular formula is C25H22N2O5S. The van der Waals surface area contributed by atoms with Crippen LogP contribution in [-0.2, 0) is 21.3 Å². The van der Waals surface area contributed by atoms with Gasteiger partial charge in [0.1, 0.15) is 5.82 Å². The molecule has 1 aromatic heterocycles. The van der Waals surface area contributed by atoms with Crippen LogP contribution >= 0.6 is 0 Å². The van der Waals surface area contributed by atoms with Gasteiger partial charge in [-0.25, -0.2) is 23.1 Å². The van der Waals surface area contributed by atoms with E-state index in [4.69, 9.17) is 9.78 Å². The summed E-state index contributed by atoms with van der Waals surface area (Å²) in [6.45, 7) is 2.25. The van der Waals surface area contributed by atoms with Crippen LogP contribution in [0, 0.1) is 6.92 Å². The minimum atomic E-state index is -3.46. The van der Waals surface area contributed by atoms with Crippen LogP contribution < -0.4 is 4.89 Å². The van der Waals surface area contributed by atoms with E-state index in [2.05, 4.69) is 17.1 Å². The monoisotopic (exact) mass is 462 g/mol. The van der Waals surface area contributed by atoms with Gasteiger partial charge in [-0.05, 0) is 54.4 Å². The third-order valence-electron chi connectivity index (χ3n) is 5.14. The first-order valence-electron chi connectivity index (χ1n) is 10.2. The summed E-state index contributed by atoms with van der Waals surface area (Å²) in [7, 11) is -3.46. The second kappa shape index (κ2) is 9.30. The lowest BCUT2D eigenvalue weighted by atomic mass is 10.1. The Kier molecular flexibility index (Phi) is 6.28. The molecule has 1 heterocycles. The van der Waals surface area contributed by atoms with Gasteiger partial charge in [-0.2, -0.15) is 0 Å². The van der Waals surface area contributed by atoms with Gasteiger partial charge >= 0.3 is 5.97 Å². The van der Waals surface area contributed by atoms with Crippen LogP contribution in [0.3, 0.4) is 0 Å². The van der Waals surface area contributed by atoms with Gasteiger partial charge in [0, 0.05) is 30.8 Å². The van der Waals surface area contributed by atoms with Gasteiger partial charge in [0.15, 0.2) is 15.6 Å². The summed E-state index contributed by atoms with van der Waals surface area (Å²) in [6.07, 6.45) is 4.76. The Bertz CT molecular complexity index is 1380. The molecule has 0 unspecified atom stereocenters. The van der Waals surface area contributed by atoms with E-state index in [0.717, 1.165) is 17.6 Å². The first-order chi connectivity index (χ1) is 15.8. The van der Waals surface area contributed by atoms with E-state index in [1.807, 2.05) is 41.1 Å². The Morgan fingerprint density at radius 3 is 2.39 bits per heavy atom. The highest BCUT2D eigenvalue weighted by atomic mass is 32.2. The fraction of sp³-hybridized carbons (Fsp3) is 0.120. The molecule has 0 fully saturated rings. The van der Waals surface area contributed by atoms with E-state index in [1.54, 1.807) is 25.3 Å². The number of nitrogens with zero attached hydrogens (tertiary/aromatic N) is 2. The summed E-state index contributed by atoms with van der Waals surface area (Å²) < 4.78 is 25.8. The Balaban J connectivity index is 1.45.